The van der Waals surface area contributed by atoms with E-state index in [0.717, 1.165) is 12.5 Å². The van der Waals surface area contributed by atoms with Crippen molar-refractivity contribution >= 4 is 11.8 Å². The largest absolute Gasteiger partial charge is 0.330 e. The SMILES string of the molecule is Cc1ccc(C(C)(C)C)cc1C(CN)C1CCSCC1. The maximum Gasteiger partial charge on any atom is -0.000545 e. The summed E-state index contributed by atoms with van der Waals surface area (Å²) >= 11 is 2.09. The molecule has 1 saturated heterocycles. The van der Waals surface area contributed by atoms with Crippen LogP contribution < -0.4 is 5.73 Å². The molecule has 112 valence electrons. The molecular weight excluding hydrogens is 262 g/mol. The molecule has 1 aromatic rings. The summed E-state index contributed by atoms with van der Waals surface area (Å²) in [4.78, 5) is 0. The molecule has 1 fully saturated rings. The summed E-state index contributed by atoms with van der Waals surface area (Å²) in [6.45, 7) is 9.88. The number of hydrogen-bond acceptors (Lipinski definition) is 2. The molecule has 0 radical (unpaired) electrons. The smallest absolute Gasteiger partial charge is 0.000545 e. The van der Waals surface area contributed by atoms with Crippen LogP contribution in [0.4, 0.5) is 0 Å². The van der Waals surface area contributed by atoms with Gasteiger partial charge in [0.1, 0.15) is 0 Å². The molecule has 0 spiro atoms. The van der Waals surface area contributed by atoms with Crippen molar-refractivity contribution in [2.45, 2.75) is 51.9 Å². The van der Waals surface area contributed by atoms with Crippen molar-refractivity contribution in [3.05, 3.63) is 34.9 Å². The first-order chi connectivity index (χ1) is 9.43. The lowest BCUT2D eigenvalue weighted by Gasteiger charge is -2.31. The normalized spacial score (nSPS) is 19.1. The average molecular weight is 292 g/mol. The molecule has 0 bridgehead atoms. The standard InChI is InChI=1S/C18H29NS/c1-13-5-6-15(18(2,3)4)11-16(13)17(12-19)14-7-9-20-10-8-14/h5-6,11,14,17H,7-10,12,19H2,1-4H3. The van der Waals surface area contributed by atoms with E-state index in [1.807, 2.05) is 0 Å². The number of aryl methyl sites for hydroxylation is 1. The first kappa shape index (κ1) is 15.9. The van der Waals surface area contributed by atoms with Crippen molar-refractivity contribution in [1.82, 2.24) is 0 Å². The Bertz CT molecular complexity index is 441. The van der Waals surface area contributed by atoms with E-state index in [1.54, 1.807) is 0 Å². The highest BCUT2D eigenvalue weighted by molar-refractivity contribution is 7.99. The van der Waals surface area contributed by atoms with E-state index in [2.05, 4.69) is 57.7 Å². The first-order valence-electron chi connectivity index (χ1n) is 7.82. The zero-order valence-corrected chi connectivity index (χ0v) is 14.2. The number of rotatable bonds is 3. The molecule has 1 nitrogen and oxygen atoms in total. The van der Waals surface area contributed by atoms with Crippen molar-refractivity contribution in [3.63, 3.8) is 0 Å². The molecule has 1 unspecified atom stereocenters. The maximum atomic E-state index is 6.16. The van der Waals surface area contributed by atoms with Crippen LogP contribution in [-0.4, -0.2) is 18.1 Å². The Kier molecular flexibility index (Phi) is 5.19. The van der Waals surface area contributed by atoms with E-state index in [4.69, 9.17) is 5.73 Å². The molecule has 1 atom stereocenters. The van der Waals surface area contributed by atoms with E-state index in [9.17, 15) is 0 Å². The van der Waals surface area contributed by atoms with Crippen molar-refractivity contribution in [1.29, 1.82) is 0 Å². The Balaban J connectivity index is 2.32. The maximum absolute atomic E-state index is 6.16. The summed E-state index contributed by atoms with van der Waals surface area (Å²) in [5.74, 6) is 3.92. The average Bonchev–Trinajstić information content (AvgIpc) is 2.41. The van der Waals surface area contributed by atoms with Gasteiger partial charge < -0.3 is 5.73 Å². The number of benzene rings is 1. The third-order valence-corrected chi connectivity index (χ3v) is 5.68. The number of thioether (sulfide) groups is 1. The lowest BCUT2D eigenvalue weighted by atomic mass is 9.77. The van der Waals surface area contributed by atoms with Gasteiger partial charge in [-0.3, -0.25) is 0 Å². The zero-order valence-electron chi connectivity index (χ0n) is 13.4. The van der Waals surface area contributed by atoms with Gasteiger partial charge in [0.25, 0.3) is 0 Å². The minimum atomic E-state index is 0.212. The van der Waals surface area contributed by atoms with Crippen molar-refractivity contribution < 1.29 is 0 Å². The van der Waals surface area contributed by atoms with Crippen LogP contribution in [0.2, 0.25) is 0 Å². The molecule has 0 aliphatic carbocycles. The van der Waals surface area contributed by atoms with Crippen LogP contribution >= 0.6 is 11.8 Å². The molecule has 1 heterocycles. The molecule has 1 aliphatic heterocycles. The van der Waals surface area contributed by atoms with Gasteiger partial charge in [-0.05, 0) is 71.8 Å². The molecule has 1 aromatic carbocycles. The van der Waals surface area contributed by atoms with Crippen LogP contribution in [0.3, 0.4) is 0 Å². The predicted molar refractivity (Wildman–Crippen MR) is 91.7 cm³/mol. The second-order valence-electron chi connectivity index (χ2n) is 7.11. The van der Waals surface area contributed by atoms with Gasteiger partial charge in [-0.15, -0.1) is 0 Å². The summed E-state index contributed by atoms with van der Waals surface area (Å²) in [6, 6.07) is 6.99. The minimum Gasteiger partial charge on any atom is -0.330 e. The second-order valence-corrected chi connectivity index (χ2v) is 8.34. The Morgan fingerprint density at radius 1 is 1.25 bits per heavy atom. The molecule has 2 N–H and O–H groups in total. The fourth-order valence-corrected chi connectivity index (χ4v) is 4.34. The summed E-state index contributed by atoms with van der Waals surface area (Å²) in [5, 5.41) is 0. The predicted octanol–water partition coefficient (Wildman–Crippen LogP) is 4.48. The fraction of sp³-hybridized carbons (Fsp3) is 0.667. The topological polar surface area (TPSA) is 26.0 Å². The van der Waals surface area contributed by atoms with Crippen molar-refractivity contribution in [2.75, 3.05) is 18.1 Å². The third kappa shape index (κ3) is 3.59. The van der Waals surface area contributed by atoms with Crippen molar-refractivity contribution in [2.24, 2.45) is 11.7 Å². The van der Waals surface area contributed by atoms with E-state index in [1.165, 1.54) is 41.0 Å². The van der Waals surface area contributed by atoms with E-state index in [0.29, 0.717) is 5.92 Å². The van der Waals surface area contributed by atoms with Crippen LogP contribution in [-0.2, 0) is 5.41 Å². The zero-order chi connectivity index (χ0) is 14.8. The van der Waals surface area contributed by atoms with E-state index < -0.39 is 0 Å². The molecule has 2 heteroatoms. The Morgan fingerprint density at radius 3 is 2.45 bits per heavy atom. The highest BCUT2D eigenvalue weighted by Gasteiger charge is 2.26. The van der Waals surface area contributed by atoms with Gasteiger partial charge in [-0.25, -0.2) is 0 Å². The highest BCUT2D eigenvalue weighted by Crippen LogP contribution is 2.37. The fourth-order valence-electron chi connectivity index (χ4n) is 3.20. The number of hydrogen-bond donors (Lipinski definition) is 1. The van der Waals surface area contributed by atoms with E-state index >= 15 is 0 Å². The molecule has 0 saturated carbocycles. The van der Waals surface area contributed by atoms with Crippen LogP contribution in [0, 0.1) is 12.8 Å². The highest BCUT2D eigenvalue weighted by atomic mass is 32.2. The molecule has 2 rings (SSSR count). The minimum absolute atomic E-state index is 0.212. The third-order valence-electron chi connectivity index (χ3n) is 4.63. The second kappa shape index (κ2) is 6.53. The van der Waals surface area contributed by atoms with Gasteiger partial charge in [-0.2, -0.15) is 11.8 Å². The van der Waals surface area contributed by atoms with Gasteiger partial charge in [0.2, 0.25) is 0 Å². The molecular formula is C18H29NS. The molecule has 0 amide bonds. The van der Waals surface area contributed by atoms with Crippen LogP contribution in [0.25, 0.3) is 0 Å². The lowest BCUT2D eigenvalue weighted by Crippen LogP contribution is -2.26. The summed E-state index contributed by atoms with van der Waals surface area (Å²) in [7, 11) is 0. The Hall–Kier alpha value is -0.470. The van der Waals surface area contributed by atoms with Gasteiger partial charge in [0.05, 0.1) is 0 Å². The van der Waals surface area contributed by atoms with Gasteiger partial charge in [0.15, 0.2) is 0 Å². The van der Waals surface area contributed by atoms with Gasteiger partial charge in [0, 0.05) is 0 Å². The van der Waals surface area contributed by atoms with Crippen LogP contribution in [0.5, 0.6) is 0 Å². The summed E-state index contributed by atoms with van der Waals surface area (Å²) < 4.78 is 0. The Labute approximate surface area is 128 Å². The quantitative estimate of drug-likeness (QED) is 0.888. The van der Waals surface area contributed by atoms with Gasteiger partial charge >= 0.3 is 0 Å². The molecule has 20 heavy (non-hydrogen) atoms. The number of nitrogens with two attached hydrogens (primary N) is 1. The molecule has 0 aromatic heterocycles. The monoisotopic (exact) mass is 291 g/mol. The summed E-state index contributed by atoms with van der Waals surface area (Å²) in [6.07, 6.45) is 2.65. The van der Waals surface area contributed by atoms with Crippen LogP contribution in [0.1, 0.15) is 56.2 Å². The summed E-state index contributed by atoms with van der Waals surface area (Å²) in [5.41, 5.74) is 10.7. The first-order valence-corrected chi connectivity index (χ1v) is 8.98. The van der Waals surface area contributed by atoms with Crippen molar-refractivity contribution in [3.8, 4) is 0 Å². The van der Waals surface area contributed by atoms with Crippen LogP contribution in [0.15, 0.2) is 18.2 Å². The molecule has 1 aliphatic rings. The Morgan fingerprint density at radius 2 is 1.90 bits per heavy atom. The van der Waals surface area contributed by atoms with Gasteiger partial charge in [-0.1, -0.05) is 39.0 Å². The lowest BCUT2D eigenvalue weighted by molar-refractivity contribution is 0.399. The van der Waals surface area contributed by atoms with E-state index in [-0.39, 0.29) is 5.41 Å².